The molecule has 1 aliphatic heterocycles. The number of benzene rings is 2. The van der Waals surface area contributed by atoms with Gasteiger partial charge in [0.05, 0.1) is 5.52 Å². The molecule has 5 rings (SSSR count). The van der Waals surface area contributed by atoms with Crippen molar-refractivity contribution < 1.29 is 4.74 Å². The Kier molecular flexibility index (Phi) is 2.93. The summed E-state index contributed by atoms with van der Waals surface area (Å²) in [6, 6.07) is 17.2. The van der Waals surface area contributed by atoms with Crippen LogP contribution in [-0.4, -0.2) is 22.6 Å². The second-order valence-electron chi connectivity index (χ2n) is 7.03. The van der Waals surface area contributed by atoms with Gasteiger partial charge in [0, 0.05) is 30.0 Å². The van der Waals surface area contributed by atoms with Crippen LogP contribution in [0.25, 0.3) is 22.0 Å². The van der Waals surface area contributed by atoms with Gasteiger partial charge in [0.15, 0.2) is 0 Å². The molecule has 2 N–H and O–H groups in total. The molecule has 2 atom stereocenters. The zero-order chi connectivity index (χ0) is 17.0. The molecular formula is C21H19N3O. The number of fused-ring (bicyclic) bond motifs is 2. The summed E-state index contributed by atoms with van der Waals surface area (Å²) in [5.41, 5.74) is 11.7. The maximum absolute atomic E-state index is 5.84. The Balaban J connectivity index is 1.63. The van der Waals surface area contributed by atoms with E-state index in [-0.39, 0.29) is 11.6 Å². The van der Waals surface area contributed by atoms with Crippen LogP contribution in [0.5, 0.6) is 0 Å². The number of rotatable bonds is 1. The monoisotopic (exact) mass is 329 g/mol. The van der Waals surface area contributed by atoms with Gasteiger partial charge in [-0.2, -0.15) is 0 Å². The van der Waals surface area contributed by atoms with Crippen LogP contribution in [0.1, 0.15) is 18.1 Å². The number of hydrogen-bond donors (Lipinski definition) is 1. The molecule has 2 aromatic carbocycles. The van der Waals surface area contributed by atoms with Crippen molar-refractivity contribution >= 4 is 16.9 Å². The minimum absolute atomic E-state index is 0.00229. The lowest BCUT2D eigenvalue weighted by molar-refractivity contribution is 0.157. The van der Waals surface area contributed by atoms with E-state index < -0.39 is 0 Å². The highest BCUT2D eigenvalue weighted by atomic mass is 16.5. The second kappa shape index (κ2) is 5.06. The van der Waals surface area contributed by atoms with E-state index in [1.165, 1.54) is 16.7 Å². The van der Waals surface area contributed by atoms with Crippen LogP contribution in [0.4, 0.5) is 0 Å². The zero-order valence-corrected chi connectivity index (χ0v) is 14.1. The summed E-state index contributed by atoms with van der Waals surface area (Å²) in [5, 5.41) is 1.16. The van der Waals surface area contributed by atoms with Crippen molar-refractivity contribution in [1.29, 1.82) is 0 Å². The lowest BCUT2D eigenvalue weighted by Gasteiger charge is -2.23. The first kappa shape index (κ1) is 14.5. The average molecular weight is 329 g/mol. The molecule has 0 unspecified atom stereocenters. The number of pyridine rings is 1. The maximum Gasteiger partial charge on any atom is 0.282 e. The molecule has 0 fully saturated rings. The van der Waals surface area contributed by atoms with Crippen molar-refractivity contribution in [1.82, 2.24) is 4.98 Å². The largest absolute Gasteiger partial charge is 0.460 e. The highest BCUT2D eigenvalue weighted by Crippen LogP contribution is 2.43. The molecule has 4 heteroatoms. The summed E-state index contributed by atoms with van der Waals surface area (Å²) in [4.78, 5) is 9.28. The lowest BCUT2D eigenvalue weighted by Crippen LogP contribution is -2.36. The molecule has 0 radical (unpaired) electrons. The summed E-state index contributed by atoms with van der Waals surface area (Å²) in [6.45, 7) is 2.06. The quantitative estimate of drug-likeness (QED) is 0.743. The van der Waals surface area contributed by atoms with Gasteiger partial charge in [-0.05, 0) is 35.7 Å². The van der Waals surface area contributed by atoms with Gasteiger partial charge in [0.25, 0.3) is 6.02 Å². The molecule has 1 spiro atoms. The number of nitrogens with zero attached hydrogens (tertiary/aromatic N) is 2. The Bertz CT molecular complexity index is 1030. The van der Waals surface area contributed by atoms with Crippen LogP contribution < -0.4 is 5.73 Å². The third-order valence-corrected chi connectivity index (χ3v) is 5.54. The number of hydrogen-bond acceptors (Lipinski definition) is 4. The number of nitrogens with two attached hydrogens (primary N) is 1. The van der Waals surface area contributed by atoms with Gasteiger partial charge in [-0.15, -0.1) is 0 Å². The summed E-state index contributed by atoms with van der Waals surface area (Å²) < 4.78 is 5.65. The van der Waals surface area contributed by atoms with E-state index in [9.17, 15) is 0 Å². The smallest absolute Gasteiger partial charge is 0.282 e. The van der Waals surface area contributed by atoms with Crippen LogP contribution in [0.3, 0.4) is 0 Å². The predicted molar refractivity (Wildman–Crippen MR) is 99.5 cm³/mol. The van der Waals surface area contributed by atoms with Crippen molar-refractivity contribution in [3.63, 3.8) is 0 Å². The molecule has 2 heterocycles. The second-order valence-corrected chi connectivity index (χ2v) is 7.03. The molecule has 2 aliphatic rings. The molecular weight excluding hydrogens is 310 g/mol. The molecule has 1 aliphatic carbocycles. The Hall–Kier alpha value is -2.88. The first-order valence-corrected chi connectivity index (χ1v) is 8.63. The van der Waals surface area contributed by atoms with E-state index >= 15 is 0 Å². The van der Waals surface area contributed by atoms with Crippen molar-refractivity contribution in [2.24, 2.45) is 10.7 Å². The van der Waals surface area contributed by atoms with Crippen LogP contribution in [0.2, 0.25) is 0 Å². The number of aliphatic imine (C=N–C) groups is 1. The van der Waals surface area contributed by atoms with Crippen molar-refractivity contribution in [3.8, 4) is 11.1 Å². The first-order chi connectivity index (χ1) is 12.1. The summed E-state index contributed by atoms with van der Waals surface area (Å²) >= 11 is 0. The van der Waals surface area contributed by atoms with Crippen molar-refractivity contribution in [2.45, 2.75) is 31.4 Å². The number of aromatic nitrogens is 1. The van der Waals surface area contributed by atoms with E-state index in [2.05, 4.69) is 47.2 Å². The SMILES string of the molecule is C[C@H]1OC(N)=N[C@@]12Cc1cccc(-c3cnc4ccccc4c3)c1C2. The minimum atomic E-state index is -0.257. The molecule has 1 aromatic heterocycles. The van der Waals surface area contributed by atoms with Crippen LogP contribution in [0, 0.1) is 0 Å². The molecule has 25 heavy (non-hydrogen) atoms. The van der Waals surface area contributed by atoms with Gasteiger partial charge in [-0.1, -0.05) is 36.4 Å². The zero-order valence-electron chi connectivity index (χ0n) is 14.1. The average Bonchev–Trinajstić information content (AvgIpc) is 3.12. The van der Waals surface area contributed by atoms with Crippen molar-refractivity contribution in [3.05, 3.63) is 65.9 Å². The lowest BCUT2D eigenvalue weighted by atomic mass is 9.90. The molecule has 0 amide bonds. The Labute approximate surface area is 146 Å². The number of amidine groups is 1. The minimum Gasteiger partial charge on any atom is -0.460 e. The third-order valence-electron chi connectivity index (χ3n) is 5.54. The number of ether oxygens (including phenoxy) is 1. The summed E-state index contributed by atoms with van der Waals surface area (Å²) in [7, 11) is 0. The molecule has 124 valence electrons. The van der Waals surface area contributed by atoms with Gasteiger partial charge >= 0.3 is 0 Å². The summed E-state index contributed by atoms with van der Waals surface area (Å²) in [5.74, 6) is 0. The van der Waals surface area contributed by atoms with Crippen LogP contribution in [0.15, 0.2) is 59.7 Å². The fourth-order valence-electron chi connectivity index (χ4n) is 4.19. The van der Waals surface area contributed by atoms with Crippen LogP contribution >= 0.6 is 0 Å². The highest BCUT2D eigenvalue weighted by molar-refractivity contribution is 5.84. The van der Waals surface area contributed by atoms with Gasteiger partial charge in [-0.25, -0.2) is 4.99 Å². The fraction of sp³-hybridized carbons (Fsp3) is 0.238. The van der Waals surface area contributed by atoms with Gasteiger partial charge in [-0.3, -0.25) is 4.98 Å². The molecule has 0 bridgehead atoms. The fourth-order valence-corrected chi connectivity index (χ4v) is 4.19. The molecule has 3 aromatic rings. The highest BCUT2D eigenvalue weighted by Gasteiger charge is 2.48. The predicted octanol–water partition coefficient (Wildman–Crippen LogP) is 3.47. The number of para-hydroxylation sites is 1. The van der Waals surface area contributed by atoms with E-state index in [1.807, 2.05) is 24.4 Å². The van der Waals surface area contributed by atoms with Gasteiger partial charge in [0.1, 0.15) is 11.6 Å². The Morgan fingerprint density at radius 1 is 1.12 bits per heavy atom. The Morgan fingerprint density at radius 3 is 2.84 bits per heavy atom. The van der Waals surface area contributed by atoms with Crippen LogP contribution in [-0.2, 0) is 17.6 Å². The Morgan fingerprint density at radius 2 is 2.00 bits per heavy atom. The molecule has 4 nitrogen and oxygen atoms in total. The normalized spacial score (nSPS) is 24.4. The van der Waals surface area contributed by atoms with E-state index in [0.29, 0.717) is 6.02 Å². The van der Waals surface area contributed by atoms with E-state index in [1.54, 1.807) is 0 Å². The van der Waals surface area contributed by atoms with Crippen molar-refractivity contribution in [2.75, 3.05) is 0 Å². The molecule has 0 saturated carbocycles. The maximum atomic E-state index is 5.84. The van der Waals surface area contributed by atoms with Gasteiger partial charge < -0.3 is 10.5 Å². The summed E-state index contributed by atoms with van der Waals surface area (Å²) in [6.07, 6.45) is 3.70. The third kappa shape index (κ3) is 2.14. The molecule has 0 saturated heterocycles. The standard InChI is InChI=1S/C21H19N3O/c1-13-21(24-20(22)25-13)10-15-6-4-7-17(18(15)11-21)16-9-14-5-2-3-8-19(14)23-12-16/h2-9,12-13H,10-11H2,1H3,(H2,22,24)/t13-,21-/m1/s1. The van der Waals surface area contributed by atoms with E-state index in [0.717, 1.165) is 29.3 Å². The van der Waals surface area contributed by atoms with Gasteiger partial charge in [0.2, 0.25) is 0 Å². The topological polar surface area (TPSA) is 60.5 Å². The first-order valence-electron chi connectivity index (χ1n) is 8.63. The van der Waals surface area contributed by atoms with E-state index in [4.69, 9.17) is 10.5 Å².